The number of H-pyrrole nitrogens is 1. The fourth-order valence-electron chi connectivity index (χ4n) is 1.26. The summed E-state index contributed by atoms with van der Waals surface area (Å²) in [6, 6.07) is 1.78. The number of rotatable bonds is 5. The van der Waals surface area contributed by atoms with E-state index in [0.717, 1.165) is 5.69 Å². The zero-order valence-corrected chi connectivity index (χ0v) is 9.64. The zero-order chi connectivity index (χ0) is 12.1. The molecule has 0 amide bonds. The maximum absolute atomic E-state index is 5.32. The summed E-state index contributed by atoms with van der Waals surface area (Å²) < 4.78 is 5.32. The molecule has 0 bridgehead atoms. The van der Waals surface area contributed by atoms with Crippen LogP contribution in [0.5, 0.6) is 5.88 Å². The molecular weight excluding hydrogens is 222 g/mol. The largest absolute Gasteiger partial charge is 0.478 e. The molecule has 8 nitrogen and oxygen atoms in total. The number of hydrogen-bond donors (Lipinski definition) is 2. The van der Waals surface area contributed by atoms with Crippen LogP contribution in [-0.4, -0.2) is 37.2 Å². The molecular formula is C9H13N7O. The first-order valence-electron chi connectivity index (χ1n) is 5.22. The van der Waals surface area contributed by atoms with E-state index in [-0.39, 0.29) is 0 Å². The Labute approximate surface area is 97.8 Å². The number of hydrogen-bond acceptors (Lipinski definition) is 7. The molecule has 0 saturated heterocycles. The van der Waals surface area contributed by atoms with E-state index >= 15 is 0 Å². The highest BCUT2D eigenvalue weighted by Crippen LogP contribution is 2.12. The second kappa shape index (κ2) is 5.19. The van der Waals surface area contributed by atoms with Gasteiger partial charge in [-0.25, -0.2) is 4.98 Å². The Morgan fingerprint density at radius 3 is 3.00 bits per heavy atom. The van der Waals surface area contributed by atoms with Crippen LogP contribution in [-0.2, 0) is 6.54 Å². The van der Waals surface area contributed by atoms with Crippen molar-refractivity contribution < 1.29 is 4.74 Å². The Hall–Kier alpha value is -2.25. The van der Waals surface area contributed by atoms with Crippen LogP contribution in [0.4, 0.5) is 5.95 Å². The SMILES string of the molecule is CCOc1cc(C)nc(NCc2nn[nH]n2)n1. The summed E-state index contributed by atoms with van der Waals surface area (Å²) in [5, 5.41) is 16.5. The van der Waals surface area contributed by atoms with E-state index in [4.69, 9.17) is 4.74 Å². The van der Waals surface area contributed by atoms with Gasteiger partial charge >= 0.3 is 0 Å². The molecule has 0 saturated carbocycles. The molecule has 0 radical (unpaired) electrons. The van der Waals surface area contributed by atoms with Crippen LogP contribution in [0.15, 0.2) is 6.07 Å². The highest BCUT2D eigenvalue weighted by molar-refractivity contribution is 5.30. The molecule has 0 aliphatic carbocycles. The van der Waals surface area contributed by atoms with Crippen molar-refractivity contribution in [3.05, 3.63) is 17.6 Å². The van der Waals surface area contributed by atoms with Crippen molar-refractivity contribution in [3.63, 3.8) is 0 Å². The van der Waals surface area contributed by atoms with Gasteiger partial charge in [0.2, 0.25) is 11.8 Å². The number of aromatic amines is 1. The number of nitrogens with one attached hydrogen (secondary N) is 2. The molecule has 0 aromatic carbocycles. The van der Waals surface area contributed by atoms with Crippen molar-refractivity contribution in [1.82, 2.24) is 30.6 Å². The summed E-state index contributed by atoms with van der Waals surface area (Å²) in [6.07, 6.45) is 0. The molecule has 2 rings (SSSR count). The molecule has 2 aromatic rings. The van der Waals surface area contributed by atoms with Gasteiger partial charge in [-0.3, -0.25) is 0 Å². The highest BCUT2D eigenvalue weighted by Gasteiger charge is 2.04. The summed E-state index contributed by atoms with van der Waals surface area (Å²) >= 11 is 0. The second-order valence-electron chi connectivity index (χ2n) is 3.29. The van der Waals surface area contributed by atoms with Crippen molar-refractivity contribution in [2.45, 2.75) is 20.4 Å². The van der Waals surface area contributed by atoms with Gasteiger partial charge in [-0.05, 0) is 13.8 Å². The Morgan fingerprint density at radius 2 is 2.29 bits per heavy atom. The predicted molar refractivity (Wildman–Crippen MR) is 59.4 cm³/mol. The van der Waals surface area contributed by atoms with E-state index in [2.05, 4.69) is 35.9 Å². The summed E-state index contributed by atoms with van der Waals surface area (Å²) in [6.45, 7) is 4.76. The first kappa shape index (κ1) is 11.2. The zero-order valence-electron chi connectivity index (χ0n) is 9.64. The van der Waals surface area contributed by atoms with Gasteiger partial charge in [0.05, 0.1) is 13.2 Å². The molecule has 0 spiro atoms. The summed E-state index contributed by atoms with van der Waals surface area (Å²) in [7, 11) is 0. The number of anilines is 1. The maximum atomic E-state index is 5.32. The van der Waals surface area contributed by atoms with Gasteiger partial charge in [0, 0.05) is 11.8 Å². The standard InChI is InChI=1S/C9H13N7O/c1-3-17-8-4-6(2)11-9(12-8)10-5-7-13-15-16-14-7/h4H,3,5H2,1-2H3,(H,10,11,12)(H,13,14,15,16). The van der Waals surface area contributed by atoms with Crippen molar-refractivity contribution in [2.75, 3.05) is 11.9 Å². The molecule has 2 heterocycles. The molecule has 90 valence electrons. The van der Waals surface area contributed by atoms with Crippen LogP contribution in [0.3, 0.4) is 0 Å². The van der Waals surface area contributed by atoms with Crippen LogP contribution in [0.2, 0.25) is 0 Å². The summed E-state index contributed by atoms with van der Waals surface area (Å²) in [5.74, 6) is 1.59. The second-order valence-corrected chi connectivity index (χ2v) is 3.29. The van der Waals surface area contributed by atoms with Gasteiger partial charge in [0.1, 0.15) is 0 Å². The molecule has 0 aliphatic heterocycles. The van der Waals surface area contributed by atoms with Crippen molar-refractivity contribution in [1.29, 1.82) is 0 Å². The van der Waals surface area contributed by atoms with Gasteiger partial charge < -0.3 is 10.1 Å². The van der Waals surface area contributed by atoms with Gasteiger partial charge in [-0.1, -0.05) is 5.21 Å². The first-order valence-corrected chi connectivity index (χ1v) is 5.22. The molecule has 2 N–H and O–H groups in total. The Kier molecular flexibility index (Phi) is 3.43. The van der Waals surface area contributed by atoms with Crippen LogP contribution in [0, 0.1) is 6.92 Å². The quantitative estimate of drug-likeness (QED) is 0.768. The molecule has 0 aliphatic rings. The molecule has 0 unspecified atom stereocenters. The van der Waals surface area contributed by atoms with Crippen LogP contribution in [0.1, 0.15) is 18.4 Å². The third-order valence-corrected chi connectivity index (χ3v) is 1.92. The van der Waals surface area contributed by atoms with Crippen molar-refractivity contribution in [3.8, 4) is 5.88 Å². The number of nitrogens with zero attached hydrogens (tertiary/aromatic N) is 5. The lowest BCUT2D eigenvalue weighted by molar-refractivity contribution is 0.326. The molecule has 17 heavy (non-hydrogen) atoms. The predicted octanol–water partition coefficient (Wildman–Crippen LogP) is 0.309. The van der Waals surface area contributed by atoms with Crippen molar-refractivity contribution >= 4 is 5.95 Å². The number of ether oxygens (including phenoxy) is 1. The van der Waals surface area contributed by atoms with Gasteiger partial charge in [-0.15, -0.1) is 10.2 Å². The van der Waals surface area contributed by atoms with E-state index in [0.29, 0.717) is 30.8 Å². The van der Waals surface area contributed by atoms with Crippen molar-refractivity contribution in [2.24, 2.45) is 0 Å². The smallest absolute Gasteiger partial charge is 0.226 e. The van der Waals surface area contributed by atoms with Crippen LogP contribution < -0.4 is 10.1 Å². The van der Waals surface area contributed by atoms with E-state index < -0.39 is 0 Å². The van der Waals surface area contributed by atoms with E-state index in [9.17, 15) is 0 Å². The fraction of sp³-hybridized carbons (Fsp3) is 0.444. The normalized spacial score (nSPS) is 10.2. The minimum atomic E-state index is 0.408. The van der Waals surface area contributed by atoms with E-state index in [1.165, 1.54) is 0 Å². The summed E-state index contributed by atoms with van der Waals surface area (Å²) in [5.41, 5.74) is 0.832. The number of aryl methyl sites for hydroxylation is 1. The van der Waals surface area contributed by atoms with Gasteiger partial charge in [0.25, 0.3) is 0 Å². The Balaban J connectivity index is 2.04. The third kappa shape index (κ3) is 3.10. The third-order valence-electron chi connectivity index (χ3n) is 1.92. The molecule has 0 fully saturated rings. The first-order chi connectivity index (χ1) is 8.28. The van der Waals surface area contributed by atoms with Crippen LogP contribution >= 0.6 is 0 Å². The van der Waals surface area contributed by atoms with E-state index in [1.54, 1.807) is 6.07 Å². The van der Waals surface area contributed by atoms with E-state index in [1.807, 2.05) is 13.8 Å². The van der Waals surface area contributed by atoms with Gasteiger partial charge in [-0.2, -0.15) is 10.2 Å². The minimum Gasteiger partial charge on any atom is -0.478 e. The summed E-state index contributed by atoms with van der Waals surface area (Å²) in [4.78, 5) is 8.42. The maximum Gasteiger partial charge on any atom is 0.226 e. The fourth-order valence-corrected chi connectivity index (χ4v) is 1.26. The van der Waals surface area contributed by atoms with Crippen LogP contribution in [0.25, 0.3) is 0 Å². The lowest BCUT2D eigenvalue weighted by Crippen LogP contribution is -2.07. The minimum absolute atomic E-state index is 0.408. The number of tetrazole rings is 1. The average molecular weight is 235 g/mol. The monoisotopic (exact) mass is 235 g/mol. The Morgan fingerprint density at radius 1 is 1.41 bits per heavy atom. The Bertz CT molecular complexity index is 470. The molecule has 2 aromatic heterocycles. The lowest BCUT2D eigenvalue weighted by atomic mass is 10.4. The lowest BCUT2D eigenvalue weighted by Gasteiger charge is -2.06. The molecule has 0 atom stereocenters. The number of aromatic nitrogens is 6. The van der Waals surface area contributed by atoms with Gasteiger partial charge in [0.15, 0.2) is 5.82 Å². The highest BCUT2D eigenvalue weighted by atomic mass is 16.5. The average Bonchev–Trinajstić information content (AvgIpc) is 2.79. The molecule has 8 heteroatoms. The topological polar surface area (TPSA) is 102 Å².